The zero-order chi connectivity index (χ0) is 22.6. The first-order valence-corrected chi connectivity index (χ1v) is 10.5. The number of likely N-dealkylation sites (tertiary alicyclic amines) is 1. The second-order valence-corrected chi connectivity index (χ2v) is 8.53. The van der Waals surface area contributed by atoms with Gasteiger partial charge in [0.1, 0.15) is 18.0 Å². The molecule has 1 spiro atoms. The number of carboxylic acid groups (broad SMARTS) is 1. The highest BCUT2D eigenvalue weighted by molar-refractivity contribution is 6.31. The van der Waals surface area contributed by atoms with Crippen LogP contribution in [-0.4, -0.2) is 45.5 Å². The molecule has 0 unspecified atom stereocenters. The van der Waals surface area contributed by atoms with E-state index in [2.05, 4.69) is 0 Å². The molecular weight excluding hydrogens is 439 g/mol. The Morgan fingerprint density at radius 2 is 1.91 bits per heavy atom. The summed E-state index contributed by atoms with van der Waals surface area (Å²) in [5.74, 6) is -2.31. The summed E-state index contributed by atoms with van der Waals surface area (Å²) in [7, 11) is 0. The van der Waals surface area contributed by atoms with Crippen molar-refractivity contribution in [3.8, 4) is 0 Å². The van der Waals surface area contributed by atoms with Crippen LogP contribution in [0.1, 0.15) is 39.1 Å². The SMILES string of the molecule is O=C(O)Cn1cc(C(=O)N2CCC3(CC2)OC(=O)c2cc(F)ccc23)c2ccc(Cl)cc21. The average molecular weight is 457 g/mol. The summed E-state index contributed by atoms with van der Waals surface area (Å²) in [5, 5.41) is 10.3. The number of aromatic nitrogens is 1. The van der Waals surface area contributed by atoms with Gasteiger partial charge in [0.05, 0.1) is 16.6 Å². The maximum atomic E-state index is 13.6. The number of ether oxygens (including phenoxy) is 1. The third-order valence-electron chi connectivity index (χ3n) is 6.22. The maximum Gasteiger partial charge on any atom is 0.339 e. The molecule has 1 N–H and O–H groups in total. The van der Waals surface area contributed by atoms with Crippen molar-refractivity contribution in [2.24, 2.45) is 0 Å². The molecular formula is C23H18ClFN2O5. The molecule has 2 aromatic carbocycles. The number of aliphatic carboxylic acids is 1. The van der Waals surface area contributed by atoms with Gasteiger partial charge in [-0.25, -0.2) is 9.18 Å². The van der Waals surface area contributed by atoms with Crippen LogP contribution >= 0.6 is 11.6 Å². The Kier molecular flexibility index (Phi) is 4.70. The Bertz CT molecular complexity index is 1290. The number of halogens is 2. The molecule has 1 aromatic heterocycles. The largest absolute Gasteiger partial charge is 0.480 e. The van der Waals surface area contributed by atoms with Gasteiger partial charge in [-0.05, 0) is 24.3 Å². The zero-order valence-corrected chi connectivity index (χ0v) is 17.6. The Labute approximate surface area is 186 Å². The Morgan fingerprint density at radius 3 is 2.62 bits per heavy atom. The molecule has 2 aliphatic heterocycles. The molecule has 5 rings (SSSR count). The number of esters is 1. The predicted molar refractivity (Wildman–Crippen MR) is 113 cm³/mol. The van der Waals surface area contributed by atoms with Crippen molar-refractivity contribution in [1.29, 1.82) is 0 Å². The standard InChI is InChI=1S/C23H18ClFN2O5/c24-13-1-3-15-17(11-27(12-20(28)29)19(15)9-13)21(30)26-7-5-23(6-8-26)18-4-2-14(25)10-16(18)22(31)32-23/h1-4,9-11H,5-8,12H2,(H,28,29). The Morgan fingerprint density at radius 1 is 1.16 bits per heavy atom. The number of benzene rings is 2. The van der Waals surface area contributed by atoms with Gasteiger partial charge in [0.15, 0.2) is 0 Å². The maximum absolute atomic E-state index is 13.6. The van der Waals surface area contributed by atoms with E-state index < -0.39 is 23.4 Å². The second-order valence-electron chi connectivity index (χ2n) is 8.09. The minimum atomic E-state index is -1.03. The first-order valence-electron chi connectivity index (χ1n) is 10.1. The normalized spacial score (nSPS) is 16.9. The van der Waals surface area contributed by atoms with Gasteiger partial charge in [0.2, 0.25) is 0 Å². The van der Waals surface area contributed by atoms with Crippen LogP contribution in [0.5, 0.6) is 0 Å². The molecule has 0 atom stereocenters. The van der Waals surface area contributed by atoms with Crippen molar-refractivity contribution in [2.75, 3.05) is 13.1 Å². The molecule has 3 heterocycles. The van der Waals surface area contributed by atoms with E-state index in [-0.39, 0.29) is 18.0 Å². The molecule has 1 fully saturated rings. The summed E-state index contributed by atoms with van der Waals surface area (Å²) < 4.78 is 20.7. The lowest BCUT2D eigenvalue weighted by Gasteiger charge is -2.38. The van der Waals surface area contributed by atoms with Gasteiger partial charge in [-0.1, -0.05) is 23.7 Å². The van der Waals surface area contributed by atoms with Crippen molar-refractivity contribution in [3.63, 3.8) is 0 Å². The Hall–Kier alpha value is -3.39. The fraction of sp³-hybridized carbons (Fsp3) is 0.261. The highest BCUT2D eigenvalue weighted by Crippen LogP contribution is 2.44. The summed E-state index contributed by atoms with van der Waals surface area (Å²) in [5.41, 5.74) is 0.987. The van der Waals surface area contributed by atoms with E-state index in [0.717, 1.165) is 0 Å². The predicted octanol–water partition coefficient (Wildman–Crippen LogP) is 3.82. The molecule has 0 bridgehead atoms. The van der Waals surface area contributed by atoms with Gasteiger partial charge in [-0.3, -0.25) is 9.59 Å². The third kappa shape index (κ3) is 3.22. The number of hydrogen-bond donors (Lipinski definition) is 1. The quantitative estimate of drug-likeness (QED) is 0.605. The lowest BCUT2D eigenvalue weighted by Crippen LogP contribution is -2.45. The average Bonchev–Trinajstić information content (AvgIpc) is 3.22. The van der Waals surface area contributed by atoms with E-state index in [4.69, 9.17) is 16.3 Å². The molecule has 1 saturated heterocycles. The van der Waals surface area contributed by atoms with Gasteiger partial charge in [0, 0.05) is 48.1 Å². The first-order chi connectivity index (χ1) is 15.3. The minimum absolute atomic E-state index is 0.235. The van der Waals surface area contributed by atoms with Gasteiger partial charge in [-0.2, -0.15) is 0 Å². The van der Waals surface area contributed by atoms with E-state index in [9.17, 15) is 23.9 Å². The number of carboxylic acids is 1. The topological polar surface area (TPSA) is 88.8 Å². The number of hydrogen-bond acceptors (Lipinski definition) is 4. The van der Waals surface area contributed by atoms with Crippen LogP contribution in [-0.2, 0) is 21.7 Å². The van der Waals surface area contributed by atoms with Crippen LogP contribution in [0.15, 0.2) is 42.6 Å². The van der Waals surface area contributed by atoms with Crippen molar-refractivity contribution >= 4 is 40.3 Å². The van der Waals surface area contributed by atoms with E-state index in [1.54, 1.807) is 29.2 Å². The number of nitrogens with zero attached hydrogens (tertiary/aromatic N) is 2. The molecule has 0 aliphatic carbocycles. The highest BCUT2D eigenvalue weighted by atomic mass is 35.5. The molecule has 1 amide bonds. The number of carbonyl (C=O) groups excluding carboxylic acids is 2. The van der Waals surface area contributed by atoms with E-state index in [0.29, 0.717) is 53.0 Å². The number of piperidine rings is 1. The second kappa shape index (κ2) is 7.34. The monoisotopic (exact) mass is 456 g/mol. The van der Waals surface area contributed by atoms with Crippen molar-refractivity contribution in [3.05, 3.63) is 70.1 Å². The number of fused-ring (bicyclic) bond motifs is 3. The van der Waals surface area contributed by atoms with Crippen LogP contribution in [0.2, 0.25) is 5.02 Å². The van der Waals surface area contributed by atoms with Crippen LogP contribution in [0.4, 0.5) is 4.39 Å². The van der Waals surface area contributed by atoms with Crippen LogP contribution in [0, 0.1) is 5.82 Å². The molecule has 164 valence electrons. The molecule has 0 radical (unpaired) electrons. The van der Waals surface area contributed by atoms with Crippen LogP contribution in [0.3, 0.4) is 0 Å². The van der Waals surface area contributed by atoms with Gasteiger partial charge >= 0.3 is 11.9 Å². The Balaban J connectivity index is 1.42. The number of amides is 1. The summed E-state index contributed by atoms with van der Waals surface area (Å²) >= 11 is 6.08. The van der Waals surface area contributed by atoms with E-state index in [1.807, 2.05) is 0 Å². The molecule has 9 heteroatoms. The van der Waals surface area contributed by atoms with Crippen LogP contribution in [0.25, 0.3) is 10.9 Å². The van der Waals surface area contributed by atoms with Gasteiger partial charge in [-0.15, -0.1) is 0 Å². The van der Waals surface area contributed by atoms with Crippen molar-refractivity contribution in [1.82, 2.24) is 9.47 Å². The summed E-state index contributed by atoms with van der Waals surface area (Å²) in [6, 6.07) is 9.07. The minimum Gasteiger partial charge on any atom is -0.480 e. The van der Waals surface area contributed by atoms with E-state index >= 15 is 0 Å². The van der Waals surface area contributed by atoms with Crippen molar-refractivity contribution < 1.29 is 28.6 Å². The number of rotatable bonds is 3. The molecule has 0 saturated carbocycles. The highest BCUT2D eigenvalue weighted by Gasteiger charge is 2.48. The smallest absolute Gasteiger partial charge is 0.339 e. The fourth-order valence-electron chi connectivity index (χ4n) is 4.69. The first kappa shape index (κ1) is 20.5. The van der Waals surface area contributed by atoms with Gasteiger partial charge < -0.3 is 19.3 Å². The lowest BCUT2D eigenvalue weighted by atomic mass is 9.83. The molecule has 7 nitrogen and oxygen atoms in total. The lowest BCUT2D eigenvalue weighted by molar-refractivity contribution is -0.137. The van der Waals surface area contributed by atoms with Gasteiger partial charge in [0.25, 0.3) is 5.91 Å². The zero-order valence-electron chi connectivity index (χ0n) is 16.8. The molecule has 2 aliphatic rings. The summed E-state index contributed by atoms with van der Waals surface area (Å²) in [6.45, 7) is 0.376. The number of carbonyl (C=O) groups is 3. The van der Waals surface area contributed by atoms with Crippen LogP contribution < -0.4 is 0 Å². The third-order valence-corrected chi connectivity index (χ3v) is 6.45. The van der Waals surface area contributed by atoms with E-state index in [1.165, 1.54) is 22.9 Å². The molecule has 3 aromatic rings. The fourth-order valence-corrected chi connectivity index (χ4v) is 4.86. The summed E-state index contributed by atoms with van der Waals surface area (Å²) in [6.07, 6.45) is 2.32. The summed E-state index contributed by atoms with van der Waals surface area (Å²) in [4.78, 5) is 38.5. The van der Waals surface area contributed by atoms with Crippen molar-refractivity contribution in [2.45, 2.75) is 25.0 Å². The molecule has 32 heavy (non-hydrogen) atoms.